The number of allylic oxidation sites excluding steroid dienone is 4. The molecule has 0 fully saturated rings. The average molecular weight is 359 g/mol. The molecule has 0 aliphatic carbocycles. The molecule has 0 bridgehead atoms. The zero-order chi connectivity index (χ0) is 18.9. The number of aryl methyl sites for hydroxylation is 1. The minimum atomic E-state index is -0.0342. The second-order valence-electron chi connectivity index (χ2n) is 7.16. The van der Waals surface area contributed by atoms with Gasteiger partial charge in [0.25, 0.3) is 0 Å². The van der Waals surface area contributed by atoms with E-state index in [2.05, 4.69) is 31.2 Å². The Kier molecular flexibility index (Phi) is 13.4. The second-order valence-corrected chi connectivity index (χ2v) is 7.16. The summed E-state index contributed by atoms with van der Waals surface area (Å²) in [6.45, 7) is 2.21. The van der Waals surface area contributed by atoms with Crippen molar-refractivity contribution in [1.82, 2.24) is 0 Å². The summed E-state index contributed by atoms with van der Waals surface area (Å²) in [4.78, 5) is 0. The van der Waals surface area contributed by atoms with Crippen LogP contribution in [0.4, 0.5) is 0 Å². The molecule has 146 valence electrons. The predicted octanol–water partition coefficient (Wildman–Crippen LogP) is 7.45. The van der Waals surface area contributed by atoms with Crippen molar-refractivity contribution >= 4 is 0 Å². The predicted molar refractivity (Wildman–Crippen MR) is 113 cm³/mol. The van der Waals surface area contributed by atoms with Gasteiger partial charge in [-0.15, -0.1) is 0 Å². The normalized spacial score (nSPS) is 11.7. The summed E-state index contributed by atoms with van der Waals surface area (Å²) in [5.74, 6) is -0.0432. The van der Waals surface area contributed by atoms with Gasteiger partial charge in [-0.25, -0.2) is 0 Å². The number of phenolic OH excluding ortho intramolecular Hbond substituents is 2. The fourth-order valence-electron chi connectivity index (χ4n) is 3.05. The average Bonchev–Trinajstić information content (AvgIpc) is 2.64. The quantitative estimate of drug-likeness (QED) is 0.194. The Bertz CT molecular complexity index is 517. The fourth-order valence-corrected chi connectivity index (χ4v) is 3.05. The molecule has 0 aromatic heterocycles. The lowest BCUT2D eigenvalue weighted by Gasteiger charge is -2.04. The monoisotopic (exact) mass is 358 g/mol. The third kappa shape index (κ3) is 11.8. The number of phenols is 2. The Morgan fingerprint density at radius 1 is 0.692 bits per heavy atom. The standard InChI is InChI=1S/C24H38O2/c1-2-3-4-5-6-7-8-9-10-11-12-13-14-15-16-17-18-22-19-20-23(25)24(26)21-22/h4-5,7-8,19-21,25-26H,2-3,6,9-18H2,1H3/b5-4+,8-7-. The molecule has 2 nitrogen and oxygen atoms in total. The highest BCUT2D eigenvalue weighted by atomic mass is 16.3. The third-order valence-electron chi connectivity index (χ3n) is 4.69. The molecule has 0 spiro atoms. The van der Waals surface area contributed by atoms with Crippen molar-refractivity contribution in [2.75, 3.05) is 0 Å². The molecule has 0 aliphatic heterocycles. The first-order valence-electron chi connectivity index (χ1n) is 10.5. The van der Waals surface area contributed by atoms with Gasteiger partial charge in [-0.1, -0.05) is 82.2 Å². The molecule has 0 aliphatic rings. The molecule has 0 atom stereocenters. The Hall–Kier alpha value is -1.70. The molecular formula is C24H38O2. The van der Waals surface area contributed by atoms with E-state index in [9.17, 15) is 10.2 Å². The Morgan fingerprint density at radius 2 is 1.31 bits per heavy atom. The fraction of sp³-hybridized carbons (Fsp3) is 0.583. The minimum absolute atomic E-state index is 0.00898. The lowest BCUT2D eigenvalue weighted by molar-refractivity contribution is 0.403. The van der Waals surface area contributed by atoms with Gasteiger partial charge in [-0.2, -0.15) is 0 Å². The molecular weight excluding hydrogens is 320 g/mol. The zero-order valence-corrected chi connectivity index (χ0v) is 16.6. The van der Waals surface area contributed by atoms with Gasteiger partial charge < -0.3 is 10.2 Å². The van der Waals surface area contributed by atoms with Crippen LogP contribution in [0.5, 0.6) is 11.5 Å². The van der Waals surface area contributed by atoms with Crippen molar-refractivity contribution in [2.24, 2.45) is 0 Å². The Morgan fingerprint density at radius 3 is 1.96 bits per heavy atom. The Balaban J connectivity index is 1.86. The first-order valence-corrected chi connectivity index (χ1v) is 10.5. The number of hydrogen-bond donors (Lipinski definition) is 2. The van der Waals surface area contributed by atoms with E-state index in [0.29, 0.717) is 0 Å². The van der Waals surface area contributed by atoms with Crippen LogP contribution in [0.2, 0.25) is 0 Å². The van der Waals surface area contributed by atoms with Crippen LogP contribution in [-0.2, 0) is 6.42 Å². The summed E-state index contributed by atoms with van der Waals surface area (Å²) in [6, 6.07) is 5.14. The number of rotatable bonds is 15. The van der Waals surface area contributed by atoms with Crippen LogP contribution in [0.25, 0.3) is 0 Å². The molecule has 0 radical (unpaired) electrons. The lowest BCUT2D eigenvalue weighted by atomic mass is 10.0. The maximum atomic E-state index is 9.48. The molecule has 1 rings (SSSR count). The van der Waals surface area contributed by atoms with Gasteiger partial charge in [0.05, 0.1) is 0 Å². The van der Waals surface area contributed by atoms with E-state index < -0.39 is 0 Å². The van der Waals surface area contributed by atoms with E-state index in [0.717, 1.165) is 24.8 Å². The highest BCUT2D eigenvalue weighted by Crippen LogP contribution is 2.25. The molecule has 0 unspecified atom stereocenters. The molecule has 0 saturated carbocycles. The molecule has 2 N–H and O–H groups in total. The van der Waals surface area contributed by atoms with Gasteiger partial charge >= 0.3 is 0 Å². The van der Waals surface area contributed by atoms with Crippen LogP contribution in [-0.4, -0.2) is 10.2 Å². The first-order chi connectivity index (χ1) is 12.7. The van der Waals surface area contributed by atoms with E-state index in [1.165, 1.54) is 64.2 Å². The van der Waals surface area contributed by atoms with Gasteiger partial charge in [0, 0.05) is 0 Å². The highest BCUT2D eigenvalue weighted by molar-refractivity contribution is 5.40. The molecule has 1 aromatic carbocycles. The van der Waals surface area contributed by atoms with Crippen LogP contribution in [0.1, 0.15) is 89.5 Å². The van der Waals surface area contributed by atoms with Crippen LogP contribution < -0.4 is 0 Å². The van der Waals surface area contributed by atoms with Crippen molar-refractivity contribution in [3.05, 3.63) is 48.1 Å². The lowest BCUT2D eigenvalue weighted by Crippen LogP contribution is -1.86. The van der Waals surface area contributed by atoms with Gasteiger partial charge in [-0.3, -0.25) is 0 Å². The molecule has 0 amide bonds. The number of unbranched alkanes of at least 4 members (excludes halogenated alkanes) is 9. The largest absolute Gasteiger partial charge is 0.504 e. The first kappa shape index (κ1) is 22.3. The molecule has 0 saturated heterocycles. The smallest absolute Gasteiger partial charge is 0.157 e. The van der Waals surface area contributed by atoms with E-state index >= 15 is 0 Å². The van der Waals surface area contributed by atoms with Gasteiger partial charge in [-0.05, 0) is 56.2 Å². The van der Waals surface area contributed by atoms with Crippen LogP contribution in [0.3, 0.4) is 0 Å². The summed E-state index contributed by atoms with van der Waals surface area (Å²) in [5.41, 5.74) is 1.11. The Labute approximate surface area is 160 Å². The van der Waals surface area contributed by atoms with Crippen molar-refractivity contribution in [2.45, 2.75) is 90.4 Å². The second kappa shape index (κ2) is 15.5. The van der Waals surface area contributed by atoms with Gasteiger partial charge in [0.1, 0.15) is 0 Å². The molecule has 0 heterocycles. The number of benzene rings is 1. The third-order valence-corrected chi connectivity index (χ3v) is 4.69. The van der Waals surface area contributed by atoms with E-state index in [-0.39, 0.29) is 11.5 Å². The maximum absolute atomic E-state index is 9.48. The zero-order valence-electron chi connectivity index (χ0n) is 16.6. The molecule has 2 heteroatoms. The van der Waals surface area contributed by atoms with Crippen molar-refractivity contribution < 1.29 is 10.2 Å². The van der Waals surface area contributed by atoms with Crippen molar-refractivity contribution in [1.29, 1.82) is 0 Å². The molecule has 26 heavy (non-hydrogen) atoms. The van der Waals surface area contributed by atoms with E-state index in [1.807, 2.05) is 6.07 Å². The van der Waals surface area contributed by atoms with Crippen molar-refractivity contribution in [3.63, 3.8) is 0 Å². The minimum Gasteiger partial charge on any atom is -0.504 e. The van der Waals surface area contributed by atoms with Crippen LogP contribution in [0, 0.1) is 0 Å². The van der Waals surface area contributed by atoms with Gasteiger partial charge in [0.15, 0.2) is 11.5 Å². The SMILES string of the molecule is CCC/C=C/C/C=C\CCCCCCCCCCc1ccc(O)c(O)c1. The van der Waals surface area contributed by atoms with Crippen LogP contribution in [0.15, 0.2) is 42.5 Å². The van der Waals surface area contributed by atoms with Crippen LogP contribution >= 0.6 is 0 Å². The highest BCUT2D eigenvalue weighted by Gasteiger charge is 2.00. The summed E-state index contributed by atoms with van der Waals surface area (Å²) in [5, 5.41) is 18.8. The topological polar surface area (TPSA) is 40.5 Å². The number of aromatic hydroxyl groups is 2. The summed E-state index contributed by atoms with van der Waals surface area (Å²) < 4.78 is 0. The summed E-state index contributed by atoms with van der Waals surface area (Å²) in [6.07, 6.45) is 25.3. The van der Waals surface area contributed by atoms with Gasteiger partial charge in [0.2, 0.25) is 0 Å². The summed E-state index contributed by atoms with van der Waals surface area (Å²) in [7, 11) is 0. The maximum Gasteiger partial charge on any atom is 0.157 e. The van der Waals surface area contributed by atoms with E-state index in [1.54, 1.807) is 12.1 Å². The molecule has 1 aromatic rings. The van der Waals surface area contributed by atoms with E-state index in [4.69, 9.17) is 0 Å². The van der Waals surface area contributed by atoms with Crippen molar-refractivity contribution in [3.8, 4) is 11.5 Å². The number of hydrogen-bond acceptors (Lipinski definition) is 2. The summed E-state index contributed by atoms with van der Waals surface area (Å²) >= 11 is 0.